The SMILES string of the molecule is C#CCCCC=C(C(=O)OCC)C(=O)OCC. The molecule has 0 saturated heterocycles. The standard InChI is InChI=1S/C13H18O4/c1-4-7-8-9-10-11(12(14)16-5-2)13(15)17-6-3/h1,10H,5-9H2,2-3H3. The van der Waals surface area contributed by atoms with Gasteiger partial charge in [0.25, 0.3) is 0 Å². The molecule has 0 amide bonds. The second kappa shape index (κ2) is 9.46. The number of esters is 2. The molecule has 0 unspecified atom stereocenters. The molecular weight excluding hydrogens is 220 g/mol. The predicted octanol–water partition coefficient (Wildman–Crippen LogP) is 1.84. The highest BCUT2D eigenvalue weighted by Crippen LogP contribution is 2.06. The summed E-state index contributed by atoms with van der Waals surface area (Å²) in [6.45, 7) is 3.80. The van der Waals surface area contributed by atoms with Gasteiger partial charge in [0, 0.05) is 6.42 Å². The molecule has 4 nitrogen and oxygen atoms in total. The number of hydrogen-bond acceptors (Lipinski definition) is 4. The number of rotatable bonds is 7. The van der Waals surface area contributed by atoms with Gasteiger partial charge in [0.1, 0.15) is 5.57 Å². The lowest BCUT2D eigenvalue weighted by molar-refractivity contribution is -0.146. The molecule has 0 heterocycles. The van der Waals surface area contributed by atoms with Crippen LogP contribution in [0.5, 0.6) is 0 Å². The van der Waals surface area contributed by atoms with Crippen LogP contribution in [-0.4, -0.2) is 25.2 Å². The van der Waals surface area contributed by atoms with E-state index >= 15 is 0 Å². The van der Waals surface area contributed by atoms with Gasteiger partial charge in [-0.25, -0.2) is 9.59 Å². The third kappa shape index (κ3) is 6.41. The Morgan fingerprint density at radius 3 is 2.12 bits per heavy atom. The number of hydrogen-bond donors (Lipinski definition) is 0. The summed E-state index contributed by atoms with van der Waals surface area (Å²) in [5.41, 5.74) is -0.0503. The molecule has 0 aliphatic carbocycles. The van der Waals surface area contributed by atoms with Crippen LogP contribution in [0, 0.1) is 12.3 Å². The van der Waals surface area contributed by atoms with Crippen molar-refractivity contribution in [2.75, 3.05) is 13.2 Å². The van der Waals surface area contributed by atoms with Crippen molar-refractivity contribution in [3.05, 3.63) is 11.6 Å². The van der Waals surface area contributed by atoms with E-state index in [4.69, 9.17) is 15.9 Å². The van der Waals surface area contributed by atoms with Crippen molar-refractivity contribution in [3.63, 3.8) is 0 Å². The number of allylic oxidation sites excluding steroid dienone is 1. The molecule has 0 aromatic rings. The van der Waals surface area contributed by atoms with Crippen molar-refractivity contribution >= 4 is 11.9 Å². The minimum atomic E-state index is -0.647. The zero-order chi connectivity index (χ0) is 13.1. The third-order valence-corrected chi connectivity index (χ3v) is 1.86. The topological polar surface area (TPSA) is 52.6 Å². The second-order valence-corrected chi connectivity index (χ2v) is 3.16. The number of terminal acetylenes is 1. The summed E-state index contributed by atoms with van der Waals surface area (Å²) in [5, 5.41) is 0. The number of carbonyl (C=O) groups excluding carboxylic acids is 2. The average molecular weight is 238 g/mol. The summed E-state index contributed by atoms with van der Waals surface area (Å²) in [7, 11) is 0. The van der Waals surface area contributed by atoms with E-state index in [0.29, 0.717) is 12.8 Å². The third-order valence-electron chi connectivity index (χ3n) is 1.86. The van der Waals surface area contributed by atoms with Crippen LogP contribution in [0.25, 0.3) is 0 Å². The summed E-state index contributed by atoms with van der Waals surface area (Å²) >= 11 is 0. The summed E-state index contributed by atoms with van der Waals surface area (Å²) in [4.78, 5) is 23.0. The lowest BCUT2D eigenvalue weighted by Gasteiger charge is -2.06. The molecule has 0 rings (SSSR count). The highest BCUT2D eigenvalue weighted by molar-refractivity contribution is 6.14. The minimum absolute atomic E-state index is 0.0503. The Hall–Kier alpha value is -1.76. The van der Waals surface area contributed by atoms with Crippen molar-refractivity contribution in [1.29, 1.82) is 0 Å². The summed E-state index contributed by atoms with van der Waals surface area (Å²) in [6, 6.07) is 0. The fourth-order valence-electron chi connectivity index (χ4n) is 1.12. The van der Waals surface area contributed by atoms with E-state index in [9.17, 15) is 9.59 Å². The maximum atomic E-state index is 11.5. The molecule has 0 fully saturated rings. The Labute approximate surface area is 102 Å². The first-order valence-electron chi connectivity index (χ1n) is 5.65. The molecule has 0 aromatic heterocycles. The zero-order valence-corrected chi connectivity index (χ0v) is 10.3. The highest BCUT2D eigenvalue weighted by atomic mass is 16.6. The molecule has 0 aliphatic rings. The van der Waals surface area contributed by atoms with Gasteiger partial charge in [0.15, 0.2) is 0 Å². The van der Waals surface area contributed by atoms with Gasteiger partial charge in [0.05, 0.1) is 13.2 Å². The molecule has 0 aliphatic heterocycles. The van der Waals surface area contributed by atoms with Crippen molar-refractivity contribution in [3.8, 4) is 12.3 Å². The molecule has 0 atom stereocenters. The van der Waals surface area contributed by atoms with E-state index in [1.165, 1.54) is 6.08 Å². The van der Waals surface area contributed by atoms with Crippen LogP contribution in [0.2, 0.25) is 0 Å². The first-order chi connectivity index (χ1) is 8.17. The number of ether oxygens (including phenoxy) is 2. The maximum Gasteiger partial charge on any atom is 0.345 e. The second-order valence-electron chi connectivity index (χ2n) is 3.16. The Bertz CT molecular complexity index is 303. The maximum absolute atomic E-state index is 11.5. The van der Waals surface area contributed by atoms with Gasteiger partial charge in [-0.2, -0.15) is 0 Å². The highest BCUT2D eigenvalue weighted by Gasteiger charge is 2.19. The normalized spacial score (nSPS) is 9.00. The predicted molar refractivity (Wildman–Crippen MR) is 64.0 cm³/mol. The van der Waals surface area contributed by atoms with Crippen LogP contribution in [0.15, 0.2) is 11.6 Å². The largest absolute Gasteiger partial charge is 0.462 e. The molecule has 17 heavy (non-hydrogen) atoms. The quantitative estimate of drug-likeness (QED) is 0.170. The van der Waals surface area contributed by atoms with Gasteiger partial charge < -0.3 is 9.47 Å². The van der Waals surface area contributed by atoms with E-state index < -0.39 is 11.9 Å². The van der Waals surface area contributed by atoms with E-state index in [0.717, 1.165) is 6.42 Å². The van der Waals surface area contributed by atoms with Gasteiger partial charge in [-0.05, 0) is 26.7 Å². The molecule has 0 N–H and O–H groups in total. The van der Waals surface area contributed by atoms with Crippen molar-refractivity contribution < 1.29 is 19.1 Å². The van der Waals surface area contributed by atoms with Gasteiger partial charge in [0.2, 0.25) is 0 Å². The fraction of sp³-hybridized carbons (Fsp3) is 0.538. The first-order valence-corrected chi connectivity index (χ1v) is 5.65. The molecule has 4 heteroatoms. The Kier molecular flexibility index (Phi) is 8.48. The zero-order valence-electron chi connectivity index (χ0n) is 10.3. The van der Waals surface area contributed by atoms with Gasteiger partial charge in [-0.3, -0.25) is 0 Å². The molecular formula is C13H18O4. The number of carbonyl (C=O) groups is 2. The van der Waals surface area contributed by atoms with Crippen LogP contribution < -0.4 is 0 Å². The van der Waals surface area contributed by atoms with Gasteiger partial charge >= 0.3 is 11.9 Å². The molecule has 0 spiro atoms. The van der Waals surface area contributed by atoms with Gasteiger partial charge in [-0.1, -0.05) is 6.08 Å². The van der Waals surface area contributed by atoms with E-state index in [1.807, 2.05) is 0 Å². The Balaban J connectivity index is 4.55. The molecule has 0 aromatic carbocycles. The van der Waals surface area contributed by atoms with Gasteiger partial charge in [-0.15, -0.1) is 12.3 Å². The van der Waals surface area contributed by atoms with Crippen molar-refractivity contribution in [2.24, 2.45) is 0 Å². The first kappa shape index (κ1) is 15.2. The van der Waals surface area contributed by atoms with Crippen molar-refractivity contribution in [1.82, 2.24) is 0 Å². The molecule has 0 saturated carbocycles. The Morgan fingerprint density at radius 2 is 1.71 bits per heavy atom. The lowest BCUT2D eigenvalue weighted by Crippen LogP contribution is -2.18. The lowest BCUT2D eigenvalue weighted by atomic mass is 10.1. The smallest absolute Gasteiger partial charge is 0.345 e. The summed E-state index contributed by atoms with van der Waals surface area (Å²) in [5.74, 6) is 1.20. The van der Waals surface area contributed by atoms with E-state index in [2.05, 4.69) is 5.92 Å². The van der Waals surface area contributed by atoms with Crippen LogP contribution in [0.3, 0.4) is 0 Å². The van der Waals surface area contributed by atoms with Crippen LogP contribution >= 0.6 is 0 Å². The average Bonchev–Trinajstić information content (AvgIpc) is 2.29. The molecule has 94 valence electrons. The fourth-order valence-corrected chi connectivity index (χ4v) is 1.12. The molecule has 0 bridgehead atoms. The van der Waals surface area contributed by atoms with E-state index in [-0.39, 0.29) is 18.8 Å². The number of unbranched alkanes of at least 4 members (excludes halogenated alkanes) is 2. The van der Waals surface area contributed by atoms with Crippen LogP contribution in [0.4, 0.5) is 0 Å². The van der Waals surface area contributed by atoms with Crippen LogP contribution in [0.1, 0.15) is 33.1 Å². The minimum Gasteiger partial charge on any atom is -0.462 e. The van der Waals surface area contributed by atoms with E-state index in [1.54, 1.807) is 13.8 Å². The molecule has 0 radical (unpaired) electrons. The van der Waals surface area contributed by atoms with Crippen molar-refractivity contribution in [2.45, 2.75) is 33.1 Å². The Morgan fingerprint density at radius 1 is 1.18 bits per heavy atom. The summed E-state index contributed by atoms with van der Waals surface area (Å²) in [6.07, 6.45) is 8.51. The summed E-state index contributed by atoms with van der Waals surface area (Å²) < 4.78 is 9.56. The van der Waals surface area contributed by atoms with Crippen LogP contribution in [-0.2, 0) is 19.1 Å². The monoisotopic (exact) mass is 238 g/mol.